The number of carbonyl (C=O) groups is 1. The van der Waals surface area contributed by atoms with Gasteiger partial charge in [0.15, 0.2) is 11.3 Å². The molecule has 0 saturated carbocycles. The first kappa shape index (κ1) is 7.85. The van der Waals surface area contributed by atoms with E-state index in [1.807, 2.05) is 0 Å². The van der Waals surface area contributed by atoms with Gasteiger partial charge < -0.3 is 4.18 Å². The first-order chi connectivity index (χ1) is 3.81. The van der Waals surface area contributed by atoms with Gasteiger partial charge >= 0.3 is 5.97 Å². The molecule has 0 aliphatic heterocycles. The molecule has 0 rings (SSSR count). The Hall–Kier alpha value is -0.150. The van der Waals surface area contributed by atoms with Crippen molar-refractivity contribution in [2.75, 3.05) is 0 Å². The van der Waals surface area contributed by atoms with E-state index < -0.39 is 0 Å². The summed E-state index contributed by atoms with van der Waals surface area (Å²) in [6.07, 6.45) is 1.66. The first-order valence-corrected chi connectivity index (χ1v) is 3.47. The zero-order valence-electron chi connectivity index (χ0n) is 4.09. The maximum atomic E-state index is 10.2. The molecule has 8 heavy (non-hydrogen) atoms. The maximum Gasteiger partial charge on any atom is 0.322 e. The van der Waals surface area contributed by atoms with E-state index in [0.717, 1.165) is 0 Å². The summed E-state index contributed by atoms with van der Waals surface area (Å²) >= 11 is 0.525. The van der Waals surface area contributed by atoms with Gasteiger partial charge in [0.05, 0.1) is 6.42 Å². The van der Waals surface area contributed by atoms with Gasteiger partial charge in [-0.3, -0.25) is 4.79 Å². The van der Waals surface area contributed by atoms with E-state index in [9.17, 15) is 4.79 Å². The van der Waals surface area contributed by atoms with Crippen molar-refractivity contribution in [3.63, 3.8) is 0 Å². The topological polar surface area (TPSA) is 26.3 Å². The van der Waals surface area contributed by atoms with Crippen LogP contribution in [0.1, 0.15) is 6.42 Å². The lowest BCUT2D eigenvalue weighted by atomic mass is 10.4. The van der Waals surface area contributed by atoms with Gasteiger partial charge in [0, 0.05) is 10.7 Å². The van der Waals surface area contributed by atoms with Gasteiger partial charge in [-0.25, -0.2) is 0 Å². The highest BCUT2D eigenvalue weighted by Gasteiger charge is 1.96. The highest BCUT2D eigenvalue weighted by atomic mass is 35.7. The van der Waals surface area contributed by atoms with E-state index in [4.69, 9.17) is 10.7 Å². The molecule has 4 heteroatoms. The maximum absolute atomic E-state index is 10.2. The lowest BCUT2D eigenvalue weighted by Crippen LogP contribution is -1.93. The third-order valence-electron chi connectivity index (χ3n) is 0.435. The molecule has 0 fully saturated rings. The average molecular weight is 153 g/mol. The molecule has 0 unspecified atom stereocenters. The van der Waals surface area contributed by atoms with Crippen LogP contribution in [0.15, 0.2) is 12.7 Å². The first-order valence-electron chi connectivity index (χ1n) is 1.90. The van der Waals surface area contributed by atoms with Crippen molar-refractivity contribution >= 4 is 27.9 Å². The van der Waals surface area contributed by atoms with E-state index in [1.165, 1.54) is 6.08 Å². The van der Waals surface area contributed by atoms with Crippen LogP contribution in [0.2, 0.25) is 0 Å². The summed E-state index contributed by atoms with van der Waals surface area (Å²) in [5, 5.41) is 0. The lowest BCUT2D eigenvalue weighted by molar-refractivity contribution is -0.131. The molecule has 0 aromatic rings. The zero-order chi connectivity index (χ0) is 6.41. The van der Waals surface area contributed by atoms with Crippen LogP contribution in [0.3, 0.4) is 0 Å². The fraction of sp³-hybridized carbons (Fsp3) is 0.250. The SMILES string of the molecule is C=CCC(=O)OSCl. The summed E-state index contributed by atoms with van der Waals surface area (Å²) in [6, 6.07) is 0. The number of halogens is 1. The molecule has 0 spiro atoms. The van der Waals surface area contributed by atoms with Gasteiger partial charge in [-0.2, -0.15) is 0 Å². The van der Waals surface area contributed by atoms with Crippen molar-refractivity contribution < 1.29 is 8.98 Å². The molecule has 0 bridgehead atoms. The molecule has 0 heterocycles. The highest BCUT2D eigenvalue weighted by Crippen LogP contribution is 2.08. The van der Waals surface area contributed by atoms with E-state index in [-0.39, 0.29) is 12.4 Å². The molecule has 0 aliphatic rings. The average Bonchev–Trinajstić information content (AvgIpc) is 1.68. The third-order valence-corrected chi connectivity index (χ3v) is 0.873. The van der Waals surface area contributed by atoms with Gasteiger partial charge in [0.2, 0.25) is 0 Å². The van der Waals surface area contributed by atoms with Crippen LogP contribution in [0, 0.1) is 0 Å². The standard InChI is InChI=1S/C4H5ClO2S/c1-2-3-4(6)7-8-5/h2H,1,3H2. The molecular weight excluding hydrogens is 148 g/mol. The van der Waals surface area contributed by atoms with Crippen molar-refractivity contribution in [2.24, 2.45) is 0 Å². The highest BCUT2D eigenvalue weighted by molar-refractivity contribution is 8.17. The fourth-order valence-electron chi connectivity index (χ4n) is 0.187. The van der Waals surface area contributed by atoms with E-state index in [1.54, 1.807) is 0 Å². The van der Waals surface area contributed by atoms with Crippen LogP contribution >= 0.6 is 21.9 Å². The molecule has 2 nitrogen and oxygen atoms in total. The molecular formula is C4H5ClO2S. The zero-order valence-corrected chi connectivity index (χ0v) is 5.67. The Morgan fingerprint density at radius 1 is 2.00 bits per heavy atom. The Morgan fingerprint density at radius 3 is 3.00 bits per heavy atom. The van der Waals surface area contributed by atoms with E-state index in [0.29, 0.717) is 11.3 Å². The number of hydrogen-bond acceptors (Lipinski definition) is 3. The molecule has 0 aliphatic carbocycles. The molecule has 0 radical (unpaired) electrons. The minimum absolute atomic E-state index is 0.208. The largest absolute Gasteiger partial charge is 0.374 e. The van der Waals surface area contributed by atoms with Crippen molar-refractivity contribution in [3.8, 4) is 0 Å². The van der Waals surface area contributed by atoms with Gasteiger partial charge in [-0.1, -0.05) is 6.08 Å². The number of hydrogen-bond donors (Lipinski definition) is 0. The molecule has 0 N–H and O–H groups in total. The van der Waals surface area contributed by atoms with Crippen molar-refractivity contribution in [1.29, 1.82) is 0 Å². The summed E-state index contributed by atoms with van der Waals surface area (Å²) in [5.74, 6) is -0.375. The second-order valence-corrected chi connectivity index (χ2v) is 1.68. The fourth-order valence-corrected chi connectivity index (χ4v) is 0.536. The predicted molar refractivity (Wildman–Crippen MR) is 34.4 cm³/mol. The summed E-state index contributed by atoms with van der Waals surface area (Å²) < 4.78 is 4.25. The summed E-state index contributed by atoms with van der Waals surface area (Å²) in [7, 11) is 4.97. The van der Waals surface area contributed by atoms with Gasteiger partial charge in [-0.15, -0.1) is 6.58 Å². The second kappa shape index (κ2) is 5.00. The molecule has 0 aromatic carbocycles. The predicted octanol–water partition coefficient (Wildman–Crippen LogP) is 1.91. The van der Waals surface area contributed by atoms with Crippen LogP contribution in [0.4, 0.5) is 0 Å². The smallest absolute Gasteiger partial charge is 0.322 e. The van der Waals surface area contributed by atoms with Crippen molar-refractivity contribution in [1.82, 2.24) is 0 Å². The Balaban J connectivity index is 3.18. The Kier molecular flexibility index (Phi) is 4.90. The van der Waals surface area contributed by atoms with E-state index >= 15 is 0 Å². The van der Waals surface area contributed by atoms with Gasteiger partial charge in [-0.05, 0) is 0 Å². The van der Waals surface area contributed by atoms with Crippen LogP contribution in [-0.4, -0.2) is 5.97 Å². The minimum Gasteiger partial charge on any atom is -0.374 e. The van der Waals surface area contributed by atoms with E-state index in [2.05, 4.69) is 10.8 Å². The van der Waals surface area contributed by atoms with Crippen molar-refractivity contribution in [2.45, 2.75) is 6.42 Å². The molecule has 0 saturated heterocycles. The summed E-state index contributed by atoms with van der Waals surface area (Å²) in [4.78, 5) is 10.2. The summed E-state index contributed by atoms with van der Waals surface area (Å²) in [6.45, 7) is 3.33. The van der Waals surface area contributed by atoms with Crippen LogP contribution in [-0.2, 0) is 8.98 Å². The van der Waals surface area contributed by atoms with Crippen LogP contribution in [0.25, 0.3) is 0 Å². The third kappa shape index (κ3) is 4.02. The van der Waals surface area contributed by atoms with Gasteiger partial charge in [0.1, 0.15) is 0 Å². The summed E-state index contributed by atoms with van der Waals surface area (Å²) in [5.41, 5.74) is 0. The number of carbonyl (C=O) groups excluding carboxylic acids is 1. The molecule has 0 aromatic heterocycles. The van der Waals surface area contributed by atoms with Crippen molar-refractivity contribution in [3.05, 3.63) is 12.7 Å². The lowest BCUT2D eigenvalue weighted by Gasteiger charge is -1.89. The van der Waals surface area contributed by atoms with Crippen LogP contribution in [0.5, 0.6) is 0 Å². The number of rotatable bonds is 3. The van der Waals surface area contributed by atoms with Gasteiger partial charge in [0.25, 0.3) is 0 Å². The molecule has 0 amide bonds. The minimum atomic E-state index is -0.375. The molecule has 46 valence electrons. The monoisotopic (exact) mass is 152 g/mol. The normalized spacial score (nSPS) is 8.12. The Bertz CT molecular complexity index is 94.0. The quantitative estimate of drug-likeness (QED) is 0.457. The van der Waals surface area contributed by atoms with Crippen LogP contribution < -0.4 is 0 Å². The second-order valence-electron chi connectivity index (χ2n) is 1.01. The Morgan fingerprint density at radius 2 is 2.62 bits per heavy atom. The molecule has 0 atom stereocenters. The Labute approximate surface area is 56.6 Å².